The van der Waals surface area contributed by atoms with E-state index in [0.717, 1.165) is 0 Å². The Morgan fingerprint density at radius 3 is 2.82 bits per heavy atom. The highest BCUT2D eigenvalue weighted by Gasteiger charge is 2.15. The number of phosphoric ester groups is 1. The summed E-state index contributed by atoms with van der Waals surface area (Å²) in [6, 6.07) is 0. The number of phosphoric acid groups is 1. The summed E-state index contributed by atoms with van der Waals surface area (Å²) in [7, 11) is -4.90. The third-order valence-corrected chi connectivity index (χ3v) is 0.772. The zero-order chi connectivity index (χ0) is 16.8. The highest BCUT2D eigenvalue weighted by Crippen LogP contribution is 2.35. The molecular formula is C5H15NO4P+. The van der Waals surface area contributed by atoms with Crippen LogP contribution in [0.4, 0.5) is 0 Å². The van der Waals surface area contributed by atoms with Gasteiger partial charge in [-0.2, -0.15) is 0 Å². The molecule has 11 heavy (non-hydrogen) atoms. The van der Waals surface area contributed by atoms with Gasteiger partial charge < -0.3 is 14.3 Å². The van der Waals surface area contributed by atoms with Crippen molar-refractivity contribution in [2.45, 2.75) is 0 Å². The zero-order valence-corrected chi connectivity index (χ0v) is 6.58. The quantitative estimate of drug-likeness (QED) is 0.479. The van der Waals surface area contributed by atoms with Crippen LogP contribution in [0.5, 0.6) is 0 Å². The topological polar surface area (TPSA) is 66.8 Å². The summed E-state index contributed by atoms with van der Waals surface area (Å²) >= 11 is 0. The number of likely N-dealkylation sites (N-methyl/N-ethyl adjacent to an activating group) is 1. The van der Waals surface area contributed by atoms with Crippen molar-refractivity contribution in [1.29, 1.82) is 0 Å². The van der Waals surface area contributed by atoms with Gasteiger partial charge in [0.2, 0.25) is 0 Å². The van der Waals surface area contributed by atoms with Gasteiger partial charge in [0.1, 0.15) is 13.1 Å². The monoisotopic (exact) mass is 193 g/mol. The van der Waals surface area contributed by atoms with Crippen LogP contribution in [-0.4, -0.2) is 48.3 Å². The van der Waals surface area contributed by atoms with E-state index in [1.165, 1.54) is 0 Å². The highest BCUT2D eigenvalue weighted by molar-refractivity contribution is 7.46. The molecule has 0 aliphatic carbocycles. The molecule has 68 valence electrons. The lowest BCUT2D eigenvalue weighted by Crippen LogP contribution is -2.37. The second kappa shape index (κ2) is 3.65. The van der Waals surface area contributed by atoms with Crippen molar-refractivity contribution in [3.8, 4) is 0 Å². The normalized spacial score (nSPS) is 34.0. The first kappa shape index (κ1) is 3.09. The minimum Gasteiger partial charge on any atom is -0.329 e. The van der Waals surface area contributed by atoms with Crippen LogP contribution >= 0.6 is 7.82 Å². The number of quaternary nitrogens is 1. The number of rotatable bonds is 4. The lowest BCUT2D eigenvalue weighted by molar-refractivity contribution is -0.870. The molecule has 2 N–H and O–H groups in total. The average molecular weight is 193 g/mol. The average Bonchev–Trinajstić information content (AvgIpc) is 2.09. The molecule has 0 fully saturated rings. The molecule has 5 nitrogen and oxygen atoms in total. The fourth-order valence-corrected chi connectivity index (χ4v) is 0.334. The van der Waals surface area contributed by atoms with Gasteiger partial charge in [0, 0.05) is 0 Å². The van der Waals surface area contributed by atoms with Gasteiger partial charge in [0.25, 0.3) is 0 Å². The Morgan fingerprint density at radius 1 is 1.82 bits per heavy atom. The van der Waals surface area contributed by atoms with E-state index in [1.807, 2.05) is 0 Å². The van der Waals surface area contributed by atoms with Crippen molar-refractivity contribution in [3.05, 3.63) is 0 Å². The van der Waals surface area contributed by atoms with Crippen LogP contribution in [0.15, 0.2) is 0 Å². The molecule has 0 amide bonds. The van der Waals surface area contributed by atoms with Crippen LogP contribution in [-0.2, 0) is 9.09 Å². The Hall–Kier alpha value is 0.0700. The maximum Gasteiger partial charge on any atom is 0.469 e. The van der Waals surface area contributed by atoms with Crippen molar-refractivity contribution in [3.63, 3.8) is 0 Å². The fraction of sp³-hybridized carbons (Fsp3) is 1.00. The smallest absolute Gasteiger partial charge is 0.329 e. The van der Waals surface area contributed by atoms with E-state index >= 15 is 0 Å². The molecule has 1 unspecified atom stereocenters. The van der Waals surface area contributed by atoms with E-state index in [-0.39, 0.29) is 0 Å². The van der Waals surface area contributed by atoms with Gasteiger partial charge in [-0.15, -0.1) is 0 Å². The van der Waals surface area contributed by atoms with Crippen molar-refractivity contribution < 1.29 is 35.7 Å². The Morgan fingerprint density at radius 2 is 2.45 bits per heavy atom. The molecule has 0 radical (unpaired) electrons. The lowest BCUT2D eigenvalue weighted by Gasteiger charge is -2.23. The molecule has 0 saturated carbocycles. The molecule has 1 atom stereocenters. The summed E-state index contributed by atoms with van der Waals surface area (Å²) < 4.78 is 77.8. The summed E-state index contributed by atoms with van der Waals surface area (Å²) in [6.45, 7) is -13.1. The van der Waals surface area contributed by atoms with Crippen LogP contribution in [0, 0.1) is 0 Å². The van der Waals surface area contributed by atoms with E-state index < -0.39 is 39.3 Å². The number of hydrogen-bond donors (Lipinski definition) is 2. The fourth-order valence-electron chi connectivity index (χ4n) is 0.175. The van der Waals surface area contributed by atoms with Gasteiger partial charge in [0.15, 0.2) is 0 Å². The SMILES string of the molecule is [2H]C([2H])[N+](C)(C([2H])([2H])[2H])C([2H])([2H])C([2H])([2H])OP(=O)(O)O. The molecule has 0 rings (SSSR count). The van der Waals surface area contributed by atoms with Gasteiger partial charge in [-0.25, -0.2) is 4.57 Å². The minimum absolute atomic E-state index is 0.568. The second-order valence-corrected chi connectivity index (χ2v) is 3.03. The third-order valence-electron chi connectivity index (χ3n) is 0.442. The Kier molecular flexibility index (Phi) is 1.02. The molecule has 0 spiro atoms. The summed E-state index contributed by atoms with van der Waals surface area (Å²) in [5.74, 6) is 0. The molecule has 0 aromatic heterocycles. The Bertz CT molecular complexity index is 406. The van der Waals surface area contributed by atoms with E-state index in [2.05, 4.69) is 4.52 Å². The van der Waals surface area contributed by atoms with Gasteiger partial charge in [-0.05, 0) is 0 Å². The van der Waals surface area contributed by atoms with Crippen LogP contribution in [0.1, 0.15) is 12.3 Å². The van der Waals surface area contributed by atoms with Gasteiger partial charge in [-0.1, -0.05) is 0 Å². The molecule has 0 aromatic rings. The highest BCUT2D eigenvalue weighted by atomic mass is 31.2. The van der Waals surface area contributed by atoms with E-state index in [0.29, 0.717) is 7.05 Å². The summed E-state index contributed by atoms with van der Waals surface area (Å²) in [6.07, 6.45) is 0. The summed E-state index contributed by atoms with van der Waals surface area (Å²) in [5.41, 5.74) is 0. The zero-order valence-electron chi connectivity index (χ0n) is 14.7. The standard InChI is InChI=1S/C5H14NO4P/c1-6(2,3)4-5-10-11(7,8)9/h4-5H2,1-3H3,(H-,7,8,9)/p+1/i1D2,2D3,4D2,5D2. The first-order chi connectivity index (χ1) is 8.40. The van der Waals surface area contributed by atoms with Gasteiger partial charge >= 0.3 is 7.82 Å². The first-order valence-electron chi connectivity index (χ1n) is 7.03. The molecule has 0 heterocycles. The van der Waals surface area contributed by atoms with E-state index in [4.69, 9.17) is 22.1 Å². The van der Waals surface area contributed by atoms with Crippen LogP contribution in [0.25, 0.3) is 0 Å². The van der Waals surface area contributed by atoms with Crippen LogP contribution in [0.2, 0.25) is 0 Å². The molecule has 0 aliphatic rings. The molecule has 0 aromatic carbocycles. The first-order valence-corrected chi connectivity index (χ1v) is 3.90. The maximum atomic E-state index is 10.7. The predicted octanol–water partition coefficient (Wildman–Crippen LogP) is -0.198. The number of hydrogen-bond acceptors (Lipinski definition) is 2. The molecule has 6 heteroatoms. The lowest BCUT2D eigenvalue weighted by atomic mass is 10.5. The third kappa shape index (κ3) is 10.1. The van der Waals surface area contributed by atoms with Crippen molar-refractivity contribution in [2.24, 2.45) is 0 Å². The molecule has 0 saturated heterocycles. The second-order valence-electron chi connectivity index (χ2n) is 1.87. The molecular weight excluding hydrogens is 169 g/mol. The van der Waals surface area contributed by atoms with Crippen LogP contribution < -0.4 is 0 Å². The van der Waals surface area contributed by atoms with E-state index in [1.54, 1.807) is 0 Å². The predicted molar refractivity (Wildman–Crippen MR) is 40.9 cm³/mol. The van der Waals surface area contributed by atoms with E-state index in [9.17, 15) is 4.57 Å². The maximum absolute atomic E-state index is 10.7. The Labute approximate surface area is 79.1 Å². The van der Waals surface area contributed by atoms with Crippen molar-refractivity contribution >= 4 is 7.82 Å². The molecule has 0 aliphatic heterocycles. The molecule has 0 bridgehead atoms. The van der Waals surface area contributed by atoms with Crippen molar-refractivity contribution in [1.82, 2.24) is 0 Å². The van der Waals surface area contributed by atoms with Gasteiger partial charge in [-0.3, -0.25) is 4.52 Å². The summed E-state index contributed by atoms with van der Waals surface area (Å²) in [4.78, 5) is 17.1. The van der Waals surface area contributed by atoms with Crippen molar-refractivity contribution in [2.75, 3.05) is 34.1 Å². The van der Waals surface area contributed by atoms with Crippen LogP contribution in [0.3, 0.4) is 0 Å². The van der Waals surface area contributed by atoms with Gasteiger partial charge in [0.05, 0.1) is 33.4 Å². The largest absolute Gasteiger partial charge is 0.469 e. The minimum atomic E-state index is -5.47. The summed E-state index contributed by atoms with van der Waals surface area (Å²) in [5, 5.41) is 0. The number of nitrogens with zero attached hydrogens (tertiary/aromatic N) is 1. The Balaban J connectivity index is 5.97.